The first-order valence-electron chi connectivity index (χ1n) is 8.48. The second-order valence-electron chi connectivity index (χ2n) is 6.54. The van der Waals surface area contributed by atoms with Gasteiger partial charge < -0.3 is 15.7 Å². The molecule has 1 aliphatic rings. The molecule has 4 atom stereocenters. The molecule has 1 aliphatic carbocycles. The van der Waals surface area contributed by atoms with Gasteiger partial charge in [-0.3, -0.25) is 0 Å². The lowest BCUT2D eigenvalue weighted by Crippen LogP contribution is -2.42. The van der Waals surface area contributed by atoms with Crippen molar-refractivity contribution < 1.29 is 9.90 Å². The van der Waals surface area contributed by atoms with Gasteiger partial charge in [0.15, 0.2) is 0 Å². The van der Waals surface area contributed by atoms with E-state index in [0.29, 0.717) is 12.3 Å². The van der Waals surface area contributed by atoms with Crippen molar-refractivity contribution in [2.24, 2.45) is 0 Å². The number of carbonyl (C=O) groups is 1. The summed E-state index contributed by atoms with van der Waals surface area (Å²) in [5, 5.41) is 16.1. The van der Waals surface area contributed by atoms with Crippen LogP contribution in [0.5, 0.6) is 0 Å². The van der Waals surface area contributed by atoms with Gasteiger partial charge in [-0.2, -0.15) is 0 Å². The van der Waals surface area contributed by atoms with Crippen molar-refractivity contribution in [1.82, 2.24) is 10.6 Å². The minimum Gasteiger partial charge on any atom is -0.388 e. The zero-order valence-corrected chi connectivity index (χ0v) is 13.9. The summed E-state index contributed by atoms with van der Waals surface area (Å²) in [6.07, 6.45) is 0.905. The van der Waals surface area contributed by atoms with Crippen LogP contribution in [0, 0.1) is 0 Å². The maximum atomic E-state index is 12.1. The number of urea groups is 1. The number of amides is 2. The van der Waals surface area contributed by atoms with Crippen LogP contribution in [0.3, 0.4) is 0 Å². The Morgan fingerprint density at radius 3 is 2.42 bits per heavy atom. The van der Waals surface area contributed by atoms with Gasteiger partial charge in [0.2, 0.25) is 0 Å². The zero-order valence-electron chi connectivity index (χ0n) is 13.9. The predicted molar refractivity (Wildman–Crippen MR) is 94.7 cm³/mol. The Morgan fingerprint density at radius 2 is 1.75 bits per heavy atom. The zero-order chi connectivity index (χ0) is 16.9. The molecule has 4 heteroatoms. The first-order valence-corrected chi connectivity index (χ1v) is 8.48. The summed E-state index contributed by atoms with van der Waals surface area (Å²) in [7, 11) is 0. The lowest BCUT2D eigenvalue weighted by Gasteiger charge is -2.18. The molecule has 0 spiro atoms. The number of benzene rings is 2. The van der Waals surface area contributed by atoms with E-state index in [1.807, 2.05) is 55.5 Å². The quantitative estimate of drug-likeness (QED) is 0.763. The van der Waals surface area contributed by atoms with E-state index in [4.69, 9.17) is 0 Å². The Labute approximate surface area is 142 Å². The molecule has 3 rings (SSSR count). The van der Waals surface area contributed by atoms with E-state index < -0.39 is 6.10 Å². The van der Waals surface area contributed by atoms with Crippen molar-refractivity contribution in [3.63, 3.8) is 0 Å². The Balaban J connectivity index is 1.42. The summed E-state index contributed by atoms with van der Waals surface area (Å²) in [4.78, 5) is 12.1. The fraction of sp³-hybridized carbons (Fsp3) is 0.350. The highest BCUT2D eigenvalue weighted by Gasteiger charge is 2.39. The van der Waals surface area contributed by atoms with Crippen molar-refractivity contribution in [3.8, 4) is 0 Å². The normalized spacial score (nSPS) is 21.6. The topological polar surface area (TPSA) is 61.4 Å². The molecule has 4 unspecified atom stereocenters. The fourth-order valence-electron chi connectivity index (χ4n) is 3.06. The Kier molecular flexibility index (Phi) is 5.16. The average Bonchev–Trinajstić information content (AvgIpc) is 3.35. The molecular formula is C20H24N2O2. The fourth-order valence-corrected chi connectivity index (χ4v) is 3.06. The first-order chi connectivity index (χ1) is 11.6. The van der Waals surface area contributed by atoms with Gasteiger partial charge >= 0.3 is 6.03 Å². The van der Waals surface area contributed by atoms with Crippen molar-refractivity contribution in [1.29, 1.82) is 0 Å². The molecule has 1 saturated carbocycles. The van der Waals surface area contributed by atoms with Gasteiger partial charge in [0.25, 0.3) is 0 Å². The number of aliphatic hydroxyl groups is 1. The molecule has 0 bridgehead atoms. The Hall–Kier alpha value is -2.33. The molecule has 24 heavy (non-hydrogen) atoms. The molecule has 0 heterocycles. The standard InChI is InChI=1S/C20H24N2O2/c1-14(12-19(23)16-10-6-3-7-11-16)21-20(24)22-18-13-17(18)15-8-4-2-5-9-15/h2-11,14,17-19,23H,12-13H2,1H3,(H2,21,22,24). The second-order valence-corrected chi connectivity index (χ2v) is 6.54. The summed E-state index contributed by atoms with van der Waals surface area (Å²) in [6.45, 7) is 1.91. The molecular weight excluding hydrogens is 300 g/mol. The van der Waals surface area contributed by atoms with E-state index in [0.717, 1.165) is 12.0 Å². The smallest absolute Gasteiger partial charge is 0.315 e. The third-order valence-corrected chi connectivity index (χ3v) is 4.47. The Morgan fingerprint density at radius 1 is 1.12 bits per heavy atom. The van der Waals surface area contributed by atoms with E-state index in [2.05, 4.69) is 22.8 Å². The minimum atomic E-state index is -0.570. The van der Waals surface area contributed by atoms with Gasteiger partial charge in [-0.1, -0.05) is 60.7 Å². The van der Waals surface area contributed by atoms with E-state index in [-0.39, 0.29) is 18.1 Å². The largest absolute Gasteiger partial charge is 0.388 e. The maximum Gasteiger partial charge on any atom is 0.315 e. The first kappa shape index (κ1) is 16.5. The lowest BCUT2D eigenvalue weighted by molar-refractivity contribution is 0.154. The molecule has 1 fully saturated rings. The lowest BCUT2D eigenvalue weighted by atomic mass is 10.0. The molecule has 4 nitrogen and oxygen atoms in total. The molecule has 0 aromatic heterocycles. The van der Waals surface area contributed by atoms with Gasteiger partial charge in [-0.15, -0.1) is 0 Å². The van der Waals surface area contributed by atoms with Crippen LogP contribution in [-0.2, 0) is 0 Å². The Bertz CT molecular complexity index is 660. The van der Waals surface area contributed by atoms with Crippen LogP contribution < -0.4 is 10.6 Å². The molecule has 126 valence electrons. The van der Waals surface area contributed by atoms with Crippen molar-refractivity contribution in [2.45, 2.75) is 43.9 Å². The van der Waals surface area contributed by atoms with E-state index in [9.17, 15) is 9.90 Å². The van der Waals surface area contributed by atoms with Crippen LogP contribution in [0.4, 0.5) is 4.79 Å². The van der Waals surface area contributed by atoms with Crippen molar-refractivity contribution in [3.05, 3.63) is 71.8 Å². The summed E-state index contributed by atoms with van der Waals surface area (Å²) >= 11 is 0. The van der Waals surface area contributed by atoms with Crippen LogP contribution in [0.2, 0.25) is 0 Å². The van der Waals surface area contributed by atoms with E-state index in [1.54, 1.807) is 0 Å². The molecule has 0 saturated heterocycles. The van der Waals surface area contributed by atoms with Crippen molar-refractivity contribution in [2.75, 3.05) is 0 Å². The number of aliphatic hydroxyl groups excluding tert-OH is 1. The maximum absolute atomic E-state index is 12.1. The molecule has 2 aromatic rings. The summed E-state index contributed by atoms with van der Waals surface area (Å²) in [5.41, 5.74) is 2.15. The third-order valence-electron chi connectivity index (χ3n) is 4.47. The summed E-state index contributed by atoms with van der Waals surface area (Å²) in [6, 6.07) is 19.7. The monoisotopic (exact) mass is 324 g/mol. The van der Waals surface area contributed by atoms with Crippen LogP contribution in [0.1, 0.15) is 42.9 Å². The van der Waals surface area contributed by atoms with Gasteiger partial charge in [0.05, 0.1) is 6.10 Å². The SMILES string of the molecule is CC(CC(O)c1ccccc1)NC(=O)NC1CC1c1ccccc1. The number of hydrogen-bond donors (Lipinski definition) is 3. The summed E-state index contributed by atoms with van der Waals surface area (Å²) in [5.74, 6) is 0.419. The van der Waals surface area contributed by atoms with E-state index in [1.165, 1.54) is 5.56 Å². The van der Waals surface area contributed by atoms with Gasteiger partial charge in [0.1, 0.15) is 0 Å². The van der Waals surface area contributed by atoms with Gasteiger partial charge in [0, 0.05) is 18.0 Å². The van der Waals surface area contributed by atoms with Crippen LogP contribution >= 0.6 is 0 Å². The molecule has 3 N–H and O–H groups in total. The minimum absolute atomic E-state index is 0.103. The molecule has 2 aromatic carbocycles. The highest BCUT2D eigenvalue weighted by molar-refractivity contribution is 5.75. The van der Waals surface area contributed by atoms with Gasteiger partial charge in [-0.05, 0) is 30.9 Å². The molecule has 2 amide bonds. The van der Waals surface area contributed by atoms with Crippen LogP contribution in [-0.4, -0.2) is 23.2 Å². The van der Waals surface area contributed by atoms with Crippen LogP contribution in [0.15, 0.2) is 60.7 Å². The second kappa shape index (κ2) is 7.49. The molecule has 0 aliphatic heterocycles. The predicted octanol–water partition coefficient (Wildman–Crippen LogP) is 3.35. The number of hydrogen-bond acceptors (Lipinski definition) is 2. The van der Waals surface area contributed by atoms with E-state index >= 15 is 0 Å². The summed E-state index contributed by atoms with van der Waals surface area (Å²) < 4.78 is 0. The number of carbonyl (C=O) groups excluding carboxylic acids is 1. The number of nitrogens with one attached hydrogen (secondary N) is 2. The van der Waals surface area contributed by atoms with Crippen LogP contribution in [0.25, 0.3) is 0 Å². The average molecular weight is 324 g/mol. The van der Waals surface area contributed by atoms with Gasteiger partial charge in [-0.25, -0.2) is 4.79 Å². The third kappa shape index (κ3) is 4.36. The number of rotatable bonds is 6. The highest BCUT2D eigenvalue weighted by atomic mass is 16.3. The molecule has 0 radical (unpaired) electrons. The van der Waals surface area contributed by atoms with Crippen molar-refractivity contribution >= 4 is 6.03 Å². The highest BCUT2D eigenvalue weighted by Crippen LogP contribution is 2.40.